The van der Waals surface area contributed by atoms with E-state index < -0.39 is 0 Å². The van der Waals surface area contributed by atoms with E-state index in [-0.39, 0.29) is 11.7 Å². The lowest BCUT2D eigenvalue weighted by Crippen LogP contribution is -2.26. The summed E-state index contributed by atoms with van der Waals surface area (Å²) in [5, 5.41) is 5.58. The van der Waals surface area contributed by atoms with Crippen molar-refractivity contribution in [3.05, 3.63) is 38.9 Å². The maximum Gasteiger partial charge on any atom is 0.254 e. The quantitative estimate of drug-likeness (QED) is 0.813. The molecule has 20 heavy (non-hydrogen) atoms. The highest BCUT2D eigenvalue weighted by Crippen LogP contribution is 2.19. The SMILES string of the molecule is CC(=O)c1cc(C(=O)N(C)Cc2c(C)noc2C)cs1. The summed E-state index contributed by atoms with van der Waals surface area (Å²) in [4.78, 5) is 25.8. The van der Waals surface area contributed by atoms with E-state index in [2.05, 4.69) is 5.16 Å². The molecule has 0 aliphatic rings. The van der Waals surface area contributed by atoms with Gasteiger partial charge in [-0.1, -0.05) is 5.16 Å². The third-order valence-corrected chi connectivity index (χ3v) is 4.15. The van der Waals surface area contributed by atoms with E-state index in [9.17, 15) is 9.59 Å². The normalized spacial score (nSPS) is 10.6. The largest absolute Gasteiger partial charge is 0.361 e. The molecule has 2 aromatic rings. The second-order valence-electron chi connectivity index (χ2n) is 4.72. The number of hydrogen-bond donors (Lipinski definition) is 0. The van der Waals surface area contributed by atoms with E-state index in [4.69, 9.17) is 4.52 Å². The molecule has 0 saturated carbocycles. The molecular weight excluding hydrogens is 276 g/mol. The van der Waals surface area contributed by atoms with Crippen molar-refractivity contribution in [3.63, 3.8) is 0 Å². The number of amides is 1. The van der Waals surface area contributed by atoms with E-state index >= 15 is 0 Å². The van der Waals surface area contributed by atoms with E-state index in [1.165, 1.54) is 18.3 Å². The molecule has 0 bridgehead atoms. The van der Waals surface area contributed by atoms with Crippen LogP contribution < -0.4 is 0 Å². The van der Waals surface area contributed by atoms with Gasteiger partial charge < -0.3 is 9.42 Å². The number of aromatic nitrogens is 1. The van der Waals surface area contributed by atoms with Crippen LogP contribution in [-0.4, -0.2) is 28.8 Å². The molecule has 1 amide bonds. The lowest BCUT2D eigenvalue weighted by molar-refractivity contribution is 0.0785. The highest BCUT2D eigenvalue weighted by molar-refractivity contribution is 7.12. The van der Waals surface area contributed by atoms with Gasteiger partial charge in [-0.2, -0.15) is 0 Å². The number of rotatable bonds is 4. The molecule has 0 aromatic carbocycles. The van der Waals surface area contributed by atoms with Gasteiger partial charge >= 0.3 is 0 Å². The first-order valence-corrected chi connectivity index (χ1v) is 7.04. The van der Waals surface area contributed by atoms with Crippen molar-refractivity contribution in [2.45, 2.75) is 27.3 Å². The van der Waals surface area contributed by atoms with Crippen molar-refractivity contribution in [1.29, 1.82) is 0 Å². The van der Waals surface area contributed by atoms with Crippen LogP contribution in [0, 0.1) is 13.8 Å². The zero-order valence-corrected chi connectivity index (χ0v) is 12.7. The molecule has 0 spiro atoms. The fourth-order valence-corrected chi connectivity index (χ4v) is 2.67. The van der Waals surface area contributed by atoms with Crippen molar-refractivity contribution in [1.82, 2.24) is 10.1 Å². The smallest absolute Gasteiger partial charge is 0.254 e. The fourth-order valence-electron chi connectivity index (χ4n) is 1.89. The van der Waals surface area contributed by atoms with Gasteiger partial charge in [-0.15, -0.1) is 11.3 Å². The number of aryl methyl sites for hydroxylation is 2. The number of hydrogen-bond acceptors (Lipinski definition) is 5. The van der Waals surface area contributed by atoms with E-state index in [1.807, 2.05) is 13.8 Å². The molecule has 0 fully saturated rings. The first-order chi connectivity index (χ1) is 9.40. The highest BCUT2D eigenvalue weighted by Gasteiger charge is 2.18. The Kier molecular flexibility index (Phi) is 4.04. The zero-order chi connectivity index (χ0) is 14.9. The average molecular weight is 292 g/mol. The Hall–Kier alpha value is -1.95. The second kappa shape index (κ2) is 5.58. The van der Waals surface area contributed by atoms with Crippen molar-refractivity contribution >= 4 is 23.0 Å². The predicted octanol–water partition coefficient (Wildman–Crippen LogP) is 2.83. The maximum atomic E-state index is 12.3. The summed E-state index contributed by atoms with van der Waals surface area (Å²) in [5.41, 5.74) is 2.24. The third-order valence-electron chi connectivity index (χ3n) is 3.12. The van der Waals surface area contributed by atoms with Crippen molar-refractivity contribution in [2.24, 2.45) is 0 Å². The van der Waals surface area contributed by atoms with Crippen LogP contribution in [0.25, 0.3) is 0 Å². The van der Waals surface area contributed by atoms with Crippen LogP contribution in [0.3, 0.4) is 0 Å². The summed E-state index contributed by atoms with van der Waals surface area (Å²) in [6.07, 6.45) is 0. The summed E-state index contributed by atoms with van der Waals surface area (Å²) >= 11 is 1.29. The van der Waals surface area contributed by atoms with Crippen LogP contribution in [0.1, 0.15) is 44.0 Å². The summed E-state index contributed by atoms with van der Waals surface area (Å²) < 4.78 is 5.09. The molecule has 0 aliphatic heterocycles. The number of carbonyl (C=O) groups excluding carboxylic acids is 2. The van der Waals surface area contributed by atoms with Crippen LogP contribution in [0.15, 0.2) is 16.0 Å². The second-order valence-corrected chi connectivity index (χ2v) is 5.63. The van der Waals surface area contributed by atoms with Gasteiger partial charge in [0.2, 0.25) is 0 Å². The Morgan fingerprint density at radius 1 is 1.40 bits per heavy atom. The Morgan fingerprint density at radius 2 is 2.10 bits per heavy atom. The van der Waals surface area contributed by atoms with Gasteiger partial charge in [0.25, 0.3) is 5.91 Å². The number of ketones is 1. The summed E-state index contributed by atoms with van der Waals surface area (Å²) in [7, 11) is 1.72. The fraction of sp³-hybridized carbons (Fsp3) is 0.357. The van der Waals surface area contributed by atoms with Crippen LogP contribution >= 0.6 is 11.3 Å². The van der Waals surface area contributed by atoms with Gasteiger partial charge in [-0.05, 0) is 26.8 Å². The van der Waals surface area contributed by atoms with Gasteiger partial charge in [-0.3, -0.25) is 9.59 Å². The molecule has 0 unspecified atom stereocenters. The summed E-state index contributed by atoms with van der Waals surface area (Å²) in [5.74, 6) is 0.577. The highest BCUT2D eigenvalue weighted by atomic mass is 32.1. The molecule has 0 N–H and O–H groups in total. The van der Waals surface area contributed by atoms with Gasteiger partial charge in [0.15, 0.2) is 5.78 Å². The van der Waals surface area contributed by atoms with Crippen molar-refractivity contribution < 1.29 is 14.1 Å². The van der Waals surface area contributed by atoms with Gasteiger partial charge in [0.1, 0.15) is 5.76 Å². The van der Waals surface area contributed by atoms with Gasteiger partial charge in [0, 0.05) is 18.0 Å². The third kappa shape index (κ3) is 2.80. The van der Waals surface area contributed by atoms with Crippen LogP contribution in [-0.2, 0) is 6.54 Å². The molecular formula is C14H16N2O3S. The summed E-state index contributed by atoms with van der Waals surface area (Å²) in [6, 6.07) is 1.64. The lowest BCUT2D eigenvalue weighted by atomic mass is 10.2. The molecule has 2 aromatic heterocycles. The van der Waals surface area contributed by atoms with Crippen molar-refractivity contribution in [2.75, 3.05) is 7.05 Å². The van der Waals surface area contributed by atoms with E-state index in [1.54, 1.807) is 23.4 Å². The molecule has 2 rings (SSSR count). The standard InChI is InChI=1S/C14H16N2O3S/c1-8-12(10(3)19-15-8)6-16(4)14(18)11-5-13(9(2)17)20-7-11/h5,7H,6H2,1-4H3. The minimum atomic E-state index is -0.117. The Bertz CT molecular complexity index is 638. The van der Waals surface area contributed by atoms with E-state index in [0.717, 1.165) is 17.0 Å². The molecule has 5 nitrogen and oxygen atoms in total. The number of carbonyl (C=O) groups is 2. The summed E-state index contributed by atoms with van der Waals surface area (Å²) in [6.45, 7) is 5.60. The predicted molar refractivity (Wildman–Crippen MR) is 76.1 cm³/mol. The maximum absolute atomic E-state index is 12.3. The van der Waals surface area contributed by atoms with Crippen LogP contribution in [0.4, 0.5) is 0 Å². The molecule has 0 aliphatic carbocycles. The molecule has 2 heterocycles. The molecule has 6 heteroatoms. The average Bonchev–Trinajstić information content (AvgIpc) is 3.00. The van der Waals surface area contributed by atoms with Gasteiger partial charge in [-0.25, -0.2) is 0 Å². The molecule has 0 atom stereocenters. The van der Waals surface area contributed by atoms with Crippen LogP contribution in [0.2, 0.25) is 0 Å². The van der Waals surface area contributed by atoms with E-state index in [0.29, 0.717) is 17.0 Å². The zero-order valence-electron chi connectivity index (χ0n) is 11.9. The number of nitrogens with zero attached hydrogens (tertiary/aromatic N) is 2. The van der Waals surface area contributed by atoms with Crippen LogP contribution in [0.5, 0.6) is 0 Å². The Morgan fingerprint density at radius 3 is 2.60 bits per heavy atom. The Labute approximate surface area is 121 Å². The first kappa shape index (κ1) is 14.5. The van der Waals surface area contributed by atoms with Crippen molar-refractivity contribution in [3.8, 4) is 0 Å². The number of Topliss-reactive ketones (excluding diaryl/α,β-unsaturated/α-hetero) is 1. The lowest BCUT2D eigenvalue weighted by Gasteiger charge is -2.16. The minimum Gasteiger partial charge on any atom is -0.361 e. The molecule has 106 valence electrons. The van der Waals surface area contributed by atoms with Gasteiger partial charge in [0.05, 0.1) is 22.7 Å². The Balaban J connectivity index is 2.14. The molecule has 0 saturated heterocycles. The topological polar surface area (TPSA) is 63.4 Å². The monoisotopic (exact) mass is 292 g/mol. The molecule has 0 radical (unpaired) electrons. The first-order valence-electron chi connectivity index (χ1n) is 6.17. The minimum absolute atomic E-state index is 0.0255. The number of thiophene rings is 1.